The van der Waals surface area contributed by atoms with Crippen LogP contribution in [0.15, 0.2) is 23.9 Å². The molecule has 0 bridgehead atoms. The topological polar surface area (TPSA) is 92.1 Å². The van der Waals surface area contributed by atoms with Crippen molar-refractivity contribution < 1.29 is 23.8 Å². The number of hydrogen-bond acceptors (Lipinski definition) is 7. The molecule has 0 radical (unpaired) electrons. The van der Waals surface area contributed by atoms with Gasteiger partial charge < -0.3 is 19.1 Å². The number of benzene rings is 1. The van der Waals surface area contributed by atoms with E-state index in [1.165, 1.54) is 24.0 Å². The van der Waals surface area contributed by atoms with Crippen molar-refractivity contribution in [1.29, 1.82) is 5.26 Å². The predicted octanol–water partition coefficient (Wildman–Crippen LogP) is 1.17. The summed E-state index contributed by atoms with van der Waals surface area (Å²) in [6, 6.07) is 6.92. The number of carbonyl (C=O) groups excluding carboxylic acids is 2. The molecule has 2 rings (SSSR count). The first kappa shape index (κ1) is 19.2. The number of carbonyl (C=O) groups is 2. The minimum Gasteiger partial charge on any atom is -0.493 e. The molecule has 0 unspecified atom stereocenters. The number of nitriles is 1. The summed E-state index contributed by atoms with van der Waals surface area (Å²) in [6.45, 7) is -0.352. The number of thiocarbonyl (C=S) groups is 1. The summed E-state index contributed by atoms with van der Waals surface area (Å²) in [4.78, 5) is 26.7. The van der Waals surface area contributed by atoms with Crippen molar-refractivity contribution in [3.63, 3.8) is 0 Å². The summed E-state index contributed by atoms with van der Waals surface area (Å²) < 4.78 is 15.1. The van der Waals surface area contributed by atoms with Gasteiger partial charge >= 0.3 is 5.97 Å². The predicted molar refractivity (Wildman–Crippen MR) is 96.2 cm³/mol. The van der Waals surface area contributed by atoms with Crippen molar-refractivity contribution in [1.82, 2.24) is 9.80 Å². The molecule has 1 aromatic carbocycles. The monoisotopic (exact) mass is 375 g/mol. The largest absolute Gasteiger partial charge is 0.493 e. The number of nitrogens with zero attached hydrogens (tertiary/aromatic N) is 3. The van der Waals surface area contributed by atoms with Gasteiger partial charge in [-0.05, 0) is 36.0 Å². The van der Waals surface area contributed by atoms with E-state index in [0.29, 0.717) is 22.8 Å². The molecule has 1 aromatic rings. The number of methoxy groups -OCH3 is 2. The van der Waals surface area contributed by atoms with Crippen LogP contribution in [-0.4, -0.2) is 61.2 Å². The van der Waals surface area contributed by atoms with Crippen molar-refractivity contribution in [2.24, 2.45) is 0 Å². The molecule has 1 aliphatic rings. The number of hydrogen-bond donors (Lipinski definition) is 0. The van der Waals surface area contributed by atoms with E-state index in [4.69, 9.17) is 27.0 Å². The van der Waals surface area contributed by atoms with Crippen molar-refractivity contribution in [2.45, 2.75) is 0 Å². The lowest BCUT2D eigenvalue weighted by Gasteiger charge is -2.14. The molecular formula is C17H17N3O5S. The van der Waals surface area contributed by atoms with Crippen LogP contribution >= 0.6 is 12.2 Å². The molecular weight excluding hydrogens is 358 g/mol. The Balaban J connectivity index is 2.31. The minimum atomic E-state index is -0.559. The lowest BCUT2D eigenvalue weighted by Crippen LogP contribution is -2.36. The Morgan fingerprint density at radius 1 is 1.35 bits per heavy atom. The Morgan fingerprint density at radius 2 is 2.08 bits per heavy atom. The fraction of sp³-hybridized carbons (Fsp3) is 0.294. The standard InChI is InChI=1S/C17H17N3O5S/c1-19-12(16(22)20(17(19)26)10-15(21)24-3)8-11-4-5-13(25-7-6-18)14(9-11)23-2/h4-5,8-9H,7,10H2,1-3H3/b12-8-. The molecule has 1 fully saturated rings. The molecule has 0 spiro atoms. The lowest BCUT2D eigenvalue weighted by molar-refractivity contribution is -0.143. The van der Waals surface area contributed by atoms with Gasteiger partial charge in [-0.25, -0.2) is 0 Å². The van der Waals surface area contributed by atoms with Gasteiger partial charge in [0.15, 0.2) is 23.2 Å². The van der Waals surface area contributed by atoms with Crippen LogP contribution in [0.4, 0.5) is 0 Å². The molecule has 1 amide bonds. The molecule has 0 aliphatic carbocycles. The first-order chi connectivity index (χ1) is 12.4. The van der Waals surface area contributed by atoms with E-state index in [2.05, 4.69) is 4.74 Å². The number of likely N-dealkylation sites (N-methyl/N-ethyl adjacent to an activating group) is 1. The Morgan fingerprint density at radius 3 is 2.69 bits per heavy atom. The highest BCUT2D eigenvalue weighted by Gasteiger charge is 2.37. The van der Waals surface area contributed by atoms with Gasteiger partial charge in [0.1, 0.15) is 18.3 Å². The zero-order chi connectivity index (χ0) is 19.3. The van der Waals surface area contributed by atoms with Crippen LogP contribution in [0, 0.1) is 11.3 Å². The first-order valence-electron chi connectivity index (χ1n) is 7.48. The van der Waals surface area contributed by atoms with Crippen LogP contribution in [0.3, 0.4) is 0 Å². The lowest BCUT2D eigenvalue weighted by atomic mass is 10.1. The molecule has 0 aromatic heterocycles. The number of esters is 1. The van der Waals surface area contributed by atoms with Gasteiger partial charge in [0.05, 0.1) is 14.2 Å². The van der Waals surface area contributed by atoms with Gasteiger partial charge in [0.2, 0.25) is 0 Å². The highest BCUT2D eigenvalue weighted by atomic mass is 32.1. The molecule has 1 aliphatic heterocycles. The smallest absolute Gasteiger partial charge is 0.325 e. The van der Waals surface area contributed by atoms with Gasteiger partial charge in [-0.2, -0.15) is 5.26 Å². The van der Waals surface area contributed by atoms with E-state index in [0.717, 1.165) is 0 Å². The van der Waals surface area contributed by atoms with Crippen molar-refractivity contribution in [3.8, 4) is 17.6 Å². The minimum absolute atomic E-state index is 0.102. The fourth-order valence-corrected chi connectivity index (χ4v) is 2.55. The Bertz CT molecular complexity index is 815. The molecule has 0 N–H and O–H groups in total. The number of amides is 1. The van der Waals surface area contributed by atoms with Crippen LogP contribution in [0.25, 0.3) is 6.08 Å². The second-order valence-electron chi connectivity index (χ2n) is 5.20. The number of ether oxygens (including phenoxy) is 3. The maximum atomic E-state index is 12.6. The van der Waals surface area contributed by atoms with E-state index < -0.39 is 11.9 Å². The van der Waals surface area contributed by atoms with E-state index in [1.807, 2.05) is 6.07 Å². The van der Waals surface area contributed by atoms with Gasteiger partial charge in [0.25, 0.3) is 5.91 Å². The van der Waals surface area contributed by atoms with Crippen LogP contribution in [0.2, 0.25) is 0 Å². The highest BCUT2D eigenvalue weighted by Crippen LogP contribution is 2.30. The second-order valence-corrected chi connectivity index (χ2v) is 5.56. The van der Waals surface area contributed by atoms with Crippen LogP contribution < -0.4 is 9.47 Å². The molecule has 1 saturated heterocycles. The fourth-order valence-electron chi connectivity index (χ4n) is 2.31. The maximum absolute atomic E-state index is 12.6. The third kappa shape index (κ3) is 3.92. The zero-order valence-corrected chi connectivity index (χ0v) is 15.3. The maximum Gasteiger partial charge on any atom is 0.325 e. The van der Waals surface area contributed by atoms with Crippen LogP contribution in [0.1, 0.15) is 5.56 Å². The van der Waals surface area contributed by atoms with Crippen molar-refractivity contribution in [2.75, 3.05) is 34.4 Å². The van der Waals surface area contributed by atoms with Gasteiger partial charge in [-0.1, -0.05) is 6.07 Å². The highest BCUT2D eigenvalue weighted by molar-refractivity contribution is 7.80. The average Bonchev–Trinajstić information content (AvgIpc) is 2.84. The first-order valence-corrected chi connectivity index (χ1v) is 7.89. The van der Waals surface area contributed by atoms with Gasteiger partial charge in [-0.3, -0.25) is 14.5 Å². The van der Waals surface area contributed by atoms with E-state index in [9.17, 15) is 9.59 Å². The summed E-state index contributed by atoms with van der Waals surface area (Å²) in [7, 11) is 4.37. The van der Waals surface area contributed by atoms with Crippen LogP contribution in [-0.2, 0) is 14.3 Å². The summed E-state index contributed by atoms with van der Waals surface area (Å²) in [5, 5.41) is 8.82. The third-order valence-electron chi connectivity index (χ3n) is 3.64. The third-order valence-corrected chi connectivity index (χ3v) is 4.14. The Kier molecular flexibility index (Phi) is 6.14. The second kappa shape index (κ2) is 8.31. The SMILES string of the molecule is COC(=O)CN1C(=O)/C(=C/c2ccc(OCC#N)c(OC)c2)N(C)C1=S. The molecule has 0 atom stereocenters. The van der Waals surface area contributed by atoms with E-state index in [1.54, 1.807) is 31.3 Å². The van der Waals surface area contributed by atoms with Crippen molar-refractivity contribution >= 4 is 35.3 Å². The van der Waals surface area contributed by atoms with Crippen molar-refractivity contribution in [3.05, 3.63) is 29.5 Å². The Labute approximate surface area is 156 Å². The van der Waals surface area contributed by atoms with Gasteiger partial charge in [0, 0.05) is 7.05 Å². The molecule has 0 saturated carbocycles. The summed E-state index contributed by atoms with van der Waals surface area (Å²) in [5.74, 6) is -0.107. The van der Waals surface area contributed by atoms with E-state index in [-0.39, 0.29) is 18.3 Å². The average molecular weight is 375 g/mol. The Hall–Kier alpha value is -3.12. The van der Waals surface area contributed by atoms with Gasteiger partial charge in [-0.15, -0.1) is 0 Å². The summed E-state index contributed by atoms with van der Waals surface area (Å²) >= 11 is 5.22. The van der Waals surface area contributed by atoms with Crippen LogP contribution in [0.5, 0.6) is 11.5 Å². The van der Waals surface area contributed by atoms with E-state index >= 15 is 0 Å². The summed E-state index contributed by atoms with van der Waals surface area (Å²) in [5.41, 5.74) is 0.982. The molecule has 9 heteroatoms. The molecule has 1 heterocycles. The zero-order valence-electron chi connectivity index (χ0n) is 14.5. The quantitative estimate of drug-likeness (QED) is 0.416. The molecule has 8 nitrogen and oxygen atoms in total. The summed E-state index contributed by atoms with van der Waals surface area (Å²) in [6.07, 6.45) is 1.63. The normalized spacial score (nSPS) is 15.2. The molecule has 136 valence electrons. The number of rotatable bonds is 6. The molecule has 26 heavy (non-hydrogen) atoms.